The predicted octanol–water partition coefficient (Wildman–Crippen LogP) is 2.78. The molecule has 0 radical (unpaired) electrons. The summed E-state index contributed by atoms with van der Waals surface area (Å²) in [7, 11) is 1.94. The molecular formula is C14H15N3OS. The Morgan fingerprint density at radius 3 is 3.05 bits per heavy atom. The number of pyridine rings is 1. The predicted molar refractivity (Wildman–Crippen MR) is 78.3 cm³/mol. The summed E-state index contributed by atoms with van der Waals surface area (Å²) < 4.78 is 6.51. The van der Waals surface area contributed by atoms with E-state index in [1.165, 1.54) is 10.4 Å². The summed E-state index contributed by atoms with van der Waals surface area (Å²) in [4.78, 5) is 5.75. The Bertz CT molecular complexity index is 688. The molecule has 0 aliphatic heterocycles. The molecule has 3 aromatic rings. The summed E-state index contributed by atoms with van der Waals surface area (Å²) in [6.07, 6.45) is 4.21. The standard InChI is InChI=1S/C14H15N3OS/c1-16-8-12-10(7-9-3-2-6-18-9)13-14(19-12)11(15)4-5-17-13/h2-6,16H,7-8H2,1H3,(H2,15,17). The van der Waals surface area contributed by atoms with Crippen molar-refractivity contribution >= 4 is 27.2 Å². The Morgan fingerprint density at radius 1 is 1.42 bits per heavy atom. The smallest absolute Gasteiger partial charge is 0.108 e. The zero-order chi connectivity index (χ0) is 13.2. The summed E-state index contributed by atoms with van der Waals surface area (Å²) in [5, 5.41) is 3.20. The lowest BCUT2D eigenvalue weighted by atomic mass is 10.1. The fourth-order valence-corrected chi connectivity index (χ4v) is 3.39. The number of fused-ring (bicyclic) bond motifs is 1. The van der Waals surface area contributed by atoms with Crippen molar-refractivity contribution in [3.05, 3.63) is 46.9 Å². The lowest BCUT2D eigenvalue weighted by molar-refractivity contribution is 0.521. The van der Waals surface area contributed by atoms with Gasteiger partial charge in [0.05, 0.1) is 22.2 Å². The van der Waals surface area contributed by atoms with Gasteiger partial charge in [0, 0.05) is 29.6 Å². The largest absolute Gasteiger partial charge is 0.469 e. The van der Waals surface area contributed by atoms with Crippen molar-refractivity contribution in [2.75, 3.05) is 12.8 Å². The van der Waals surface area contributed by atoms with Gasteiger partial charge in [-0.1, -0.05) is 0 Å². The molecule has 0 atom stereocenters. The van der Waals surface area contributed by atoms with E-state index in [0.717, 1.165) is 34.6 Å². The first-order valence-corrected chi connectivity index (χ1v) is 6.93. The average Bonchev–Trinajstić information content (AvgIpc) is 3.01. The number of thiophene rings is 1. The van der Waals surface area contributed by atoms with Crippen LogP contribution >= 0.6 is 11.3 Å². The zero-order valence-corrected chi connectivity index (χ0v) is 11.5. The van der Waals surface area contributed by atoms with Gasteiger partial charge < -0.3 is 15.5 Å². The van der Waals surface area contributed by atoms with Crippen LogP contribution in [0.25, 0.3) is 10.2 Å². The van der Waals surface area contributed by atoms with E-state index in [1.54, 1.807) is 23.8 Å². The second-order valence-corrected chi connectivity index (χ2v) is 5.47. The Hall–Kier alpha value is -1.85. The van der Waals surface area contributed by atoms with Gasteiger partial charge >= 0.3 is 0 Å². The normalized spacial score (nSPS) is 11.2. The number of nitrogens with one attached hydrogen (secondary N) is 1. The maximum absolute atomic E-state index is 6.03. The van der Waals surface area contributed by atoms with Gasteiger partial charge in [0.25, 0.3) is 0 Å². The van der Waals surface area contributed by atoms with E-state index in [-0.39, 0.29) is 0 Å². The molecule has 0 fully saturated rings. The Balaban J connectivity index is 2.13. The minimum Gasteiger partial charge on any atom is -0.469 e. The molecule has 0 saturated heterocycles. The van der Waals surface area contributed by atoms with Crippen LogP contribution in [0.15, 0.2) is 35.1 Å². The van der Waals surface area contributed by atoms with Crippen LogP contribution in [-0.4, -0.2) is 12.0 Å². The van der Waals surface area contributed by atoms with Gasteiger partial charge in [0.15, 0.2) is 0 Å². The molecule has 0 aliphatic carbocycles. The van der Waals surface area contributed by atoms with Crippen molar-refractivity contribution in [1.82, 2.24) is 10.3 Å². The fourth-order valence-electron chi connectivity index (χ4n) is 2.18. The number of rotatable bonds is 4. The van der Waals surface area contributed by atoms with Crippen LogP contribution < -0.4 is 11.1 Å². The van der Waals surface area contributed by atoms with Crippen molar-refractivity contribution < 1.29 is 4.42 Å². The molecule has 0 spiro atoms. The molecule has 3 aromatic heterocycles. The van der Waals surface area contributed by atoms with E-state index >= 15 is 0 Å². The number of nitrogens with two attached hydrogens (primary N) is 1. The fraction of sp³-hybridized carbons (Fsp3) is 0.214. The topological polar surface area (TPSA) is 64.1 Å². The second kappa shape index (κ2) is 5.03. The number of nitrogens with zero attached hydrogens (tertiary/aromatic N) is 1. The van der Waals surface area contributed by atoms with Crippen LogP contribution in [0.2, 0.25) is 0 Å². The summed E-state index contributed by atoms with van der Waals surface area (Å²) in [5.41, 5.74) is 9.02. The van der Waals surface area contributed by atoms with Crippen LogP contribution in [-0.2, 0) is 13.0 Å². The lowest BCUT2D eigenvalue weighted by Crippen LogP contribution is -2.05. The highest BCUT2D eigenvalue weighted by Gasteiger charge is 2.15. The van der Waals surface area contributed by atoms with Gasteiger partial charge in [0.1, 0.15) is 5.76 Å². The molecule has 4 nitrogen and oxygen atoms in total. The van der Waals surface area contributed by atoms with Crippen molar-refractivity contribution in [2.45, 2.75) is 13.0 Å². The van der Waals surface area contributed by atoms with E-state index in [9.17, 15) is 0 Å². The van der Waals surface area contributed by atoms with E-state index in [1.807, 2.05) is 25.2 Å². The molecule has 19 heavy (non-hydrogen) atoms. The molecule has 3 N–H and O–H groups in total. The third-order valence-electron chi connectivity index (χ3n) is 3.05. The highest BCUT2D eigenvalue weighted by Crippen LogP contribution is 2.34. The van der Waals surface area contributed by atoms with Crippen LogP contribution in [0.5, 0.6) is 0 Å². The van der Waals surface area contributed by atoms with Gasteiger partial charge in [-0.2, -0.15) is 0 Å². The number of hydrogen-bond acceptors (Lipinski definition) is 5. The van der Waals surface area contributed by atoms with Gasteiger partial charge in [-0.3, -0.25) is 4.98 Å². The maximum Gasteiger partial charge on any atom is 0.108 e. The van der Waals surface area contributed by atoms with E-state index in [2.05, 4.69) is 10.3 Å². The van der Waals surface area contributed by atoms with Crippen molar-refractivity contribution in [3.8, 4) is 0 Å². The summed E-state index contributed by atoms with van der Waals surface area (Å²) in [6.45, 7) is 0.816. The summed E-state index contributed by atoms with van der Waals surface area (Å²) in [6, 6.07) is 5.74. The Kier molecular flexibility index (Phi) is 3.23. The zero-order valence-electron chi connectivity index (χ0n) is 10.6. The first kappa shape index (κ1) is 12.2. The van der Waals surface area contributed by atoms with Crippen LogP contribution in [0.4, 0.5) is 5.69 Å². The van der Waals surface area contributed by atoms with Crippen molar-refractivity contribution in [1.29, 1.82) is 0 Å². The number of nitrogen functional groups attached to an aromatic ring is 1. The quantitative estimate of drug-likeness (QED) is 0.767. The van der Waals surface area contributed by atoms with E-state index in [0.29, 0.717) is 0 Å². The second-order valence-electron chi connectivity index (χ2n) is 4.37. The molecule has 5 heteroatoms. The Labute approximate surface area is 115 Å². The third kappa shape index (κ3) is 2.22. The molecule has 0 aromatic carbocycles. The SMILES string of the molecule is CNCc1sc2c(N)ccnc2c1Cc1ccco1. The Morgan fingerprint density at radius 2 is 2.32 bits per heavy atom. The lowest BCUT2D eigenvalue weighted by Gasteiger charge is -2.02. The van der Waals surface area contributed by atoms with E-state index in [4.69, 9.17) is 10.2 Å². The first-order chi connectivity index (χ1) is 9.29. The van der Waals surface area contributed by atoms with Crippen molar-refractivity contribution in [2.24, 2.45) is 0 Å². The van der Waals surface area contributed by atoms with Gasteiger partial charge in [-0.15, -0.1) is 11.3 Å². The molecule has 0 bridgehead atoms. The highest BCUT2D eigenvalue weighted by atomic mass is 32.1. The van der Waals surface area contributed by atoms with Crippen LogP contribution in [0, 0.1) is 0 Å². The van der Waals surface area contributed by atoms with Gasteiger partial charge in [-0.05, 0) is 25.2 Å². The minimum absolute atomic E-state index is 0.750. The molecule has 98 valence electrons. The number of aromatic nitrogens is 1. The molecule has 0 saturated carbocycles. The number of anilines is 1. The van der Waals surface area contributed by atoms with Crippen molar-refractivity contribution in [3.63, 3.8) is 0 Å². The highest BCUT2D eigenvalue weighted by molar-refractivity contribution is 7.19. The van der Waals surface area contributed by atoms with E-state index < -0.39 is 0 Å². The number of furan rings is 1. The van der Waals surface area contributed by atoms with Crippen LogP contribution in [0.3, 0.4) is 0 Å². The molecule has 3 heterocycles. The molecule has 3 rings (SSSR count). The summed E-state index contributed by atoms with van der Waals surface area (Å²) >= 11 is 1.71. The monoisotopic (exact) mass is 273 g/mol. The van der Waals surface area contributed by atoms with Crippen LogP contribution in [0.1, 0.15) is 16.2 Å². The molecular weight excluding hydrogens is 258 g/mol. The average molecular weight is 273 g/mol. The van der Waals surface area contributed by atoms with Gasteiger partial charge in [-0.25, -0.2) is 0 Å². The molecule has 0 amide bonds. The van der Waals surface area contributed by atoms with Gasteiger partial charge in [0.2, 0.25) is 0 Å². The molecule has 0 aliphatic rings. The summed E-state index contributed by atoms with van der Waals surface area (Å²) in [5.74, 6) is 0.946. The minimum atomic E-state index is 0.750. The first-order valence-electron chi connectivity index (χ1n) is 6.11. The third-order valence-corrected chi connectivity index (χ3v) is 4.32. The molecule has 0 unspecified atom stereocenters. The maximum atomic E-state index is 6.03. The number of hydrogen-bond donors (Lipinski definition) is 2.